The molecule has 0 aliphatic rings. The van der Waals surface area contributed by atoms with Crippen LogP contribution in [0.3, 0.4) is 0 Å². The largest absolute Gasteiger partial charge is 0.350 e. The van der Waals surface area contributed by atoms with Gasteiger partial charge in [0.15, 0.2) is 0 Å². The van der Waals surface area contributed by atoms with E-state index >= 15 is 0 Å². The molecule has 0 radical (unpaired) electrons. The molecule has 2 N–H and O–H groups in total. The van der Waals surface area contributed by atoms with Gasteiger partial charge in [0.05, 0.1) is 5.52 Å². The first-order valence-corrected chi connectivity index (χ1v) is 4.66. The normalized spacial score (nSPS) is 11.1. The number of fused-ring (bicyclic) bond motifs is 1. The molecule has 1 heterocycles. The zero-order valence-corrected chi connectivity index (χ0v) is 8.13. The van der Waals surface area contributed by atoms with Crippen molar-refractivity contribution in [1.82, 2.24) is 4.57 Å². The van der Waals surface area contributed by atoms with E-state index in [1.165, 1.54) is 0 Å². The fourth-order valence-electron chi connectivity index (χ4n) is 1.69. The Labute approximate surface area is 82.1 Å². The van der Waals surface area contributed by atoms with Gasteiger partial charge in [-0.1, -0.05) is 0 Å². The van der Waals surface area contributed by atoms with Crippen molar-refractivity contribution in [3.05, 3.63) is 35.8 Å². The summed E-state index contributed by atoms with van der Waals surface area (Å²) >= 11 is 0. The predicted molar refractivity (Wildman–Crippen MR) is 55.6 cm³/mol. The molecule has 0 atom stereocenters. The quantitative estimate of drug-likeness (QED) is 0.773. The number of rotatable bonds is 2. The molecule has 1 aromatic heterocycles. The summed E-state index contributed by atoms with van der Waals surface area (Å²) < 4.78 is 15.4. The average Bonchev–Trinajstić information content (AvgIpc) is 2.50. The topological polar surface area (TPSA) is 30.9 Å². The maximum absolute atomic E-state index is 13.5. The highest BCUT2D eigenvalue weighted by atomic mass is 19.1. The molecule has 0 amide bonds. The SMILES string of the molecule is Cn1ccc2cc(CCN)c(F)cc21. The summed E-state index contributed by atoms with van der Waals surface area (Å²) in [7, 11) is 1.91. The van der Waals surface area contributed by atoms with Gasteiger partial charge in [0.25, 0.3) is 0 Å². The minimum atomic E-state index is -0.162. The van der Waals surface area contributed by atoms with Crippen molar-refractivity contribution in [2.75, 3.05) is 6.54 Å². The Morgan fingerprint density at radius 3 is 2.93 bits per heavy atom. The second kappa shape index (κ2) is 3.42. The monoisotopic (exact) mass is 192 g/mol. The van der Waals surface area contributed by atoms with Crippen LogP contribution in [0.2, 0.25) is 0 Å². The molecule has 0 saturated heterocycles. The molecule has 1 aromatic carbocycles. The fourth-order valence-corrected chi connectivity index (χ4v) is 1.69. The average molecular weight is 192 g/mol. The van der Waals surface area contributed by atoms with E-state index in [1.54, 1.807) is 6.07 Å². The van der Waals surface area contributed by atoms with Crippen LogP contribution in [0.25, 0.3) is 10.9 Å². The number of aromatic nitrogens is 1. The van der Waals surface area contributed by atoms with E-state index in [0.29, 0.717) is 18.5 Å². The Bertz CT molecular complexity index is 460. The molecule has 0 saturated carbocycles. The lowest BCUT2D eigenvalue weighted by Gasteiger charge is -2.03. The standard InChI is InChI=1S/C11H13FN2/c1-14-5-3-9-6-8(2-4-13)10(12)7-11(9)14/h3,5-7H,2,4,13H2,1H3. The molecule has 2 nitrogen and oxygen atoms in total. The second-order valence-electron chi connectivity index (χ2n) is 3.47. The molecule has 14 heavy (non-hydrogen) atoms. The summed E-state index contributed by atoms with van der Waals surface area (Å²) in [5.74, 6) is -0.162. The van der Waals surface area contributed by atoms with E-state index in [2.05, 4.69) is 0 Å². The van der Waals surface area contributed by atoms with Crippen molar-refractivity contribution in [3.8, 4) is 0 Å². The molecular weight excluding hydrogens is 179 g/mol. The molecule has 0 unspecified atom stereocenters. The first kappa shape index (κ1) is 9.21. The van der Waals surface area contributed by atoms with Crippen molar-refractivity contribution in [1.29, 1.82) is 0 Å². The highest BCUT2D eigenvalue weighted by Crippen LogP contribution is 2.19. The van der Waals surface area contributed by atoms with Gasteiger partial charge in [-0.25, -0.2) is 4.39 Å². The number of benzene rings is 1. The minimum absolute atomic E-state index is 0.162. The Morgan fingerprint density at radius 2 is 2.21 bits per heavy atom. The van der Waals surface area contributed by atoms with Crippen molar-refractivity contribution in [2.45, 2.75) is 6.42 Å². The van der Waals surface area contributed by atoms with E-state index in [0.717, 1.165) is 10.9 Å². The van der Waals surface area contributed by atoms with Crippen LogP contribution in [0.1, 0.15) is 5.56 Å². The number of nitrogens with zero attached hydrogens (tertiary/aromatic N) is 1. The van der Waals surface area contributed by atoms with Gasteiger partial charge in [-0.15, -0.1) is 0 Å². The van der Waals surface area contributed by atoms with Crippen LogP contribution in [0.5, 0.6) is 0 Å². The maximum Gasteiger partial charge on any atom is 0.128 e. The smallest absolute Gasteiger partial charge is 0.128 e. The zero-order chi connectivity index (χ0) is 10.1. The number of hydrogen-bond donors (Lipinski definition) is 1. The van der Waals surface area contributed by atoms with Crippen LogP contribution in [0.15, 0.2) is 24.4 Å². The van der Waals surface area contributed by atoms with Crippen molar-refractivity contribution in [2.24, 2.45) is 12.8 Å². The Morgan fingerprint density at radius 1 is 1.43 bits per heavy atom. The molecular formula is C11H13FN2. The minimum Gasteiger partial charge on any atom is -0.350 e. The molecule has 0 spiro atoms. The lowest BCUT2D eigenvalue weighted by molar-refractivity contribution is 0.611. The Kier molecular flexibility index (Phi) is 2.25. The van der Waals surface area contributed by atoms with Gasteiger partial charge in [0.1, 0.15) is 5.82 Å². The van der Waals surface area contributed by atoms with Crippen molar-refractivity contribution in [3.63, 3.8) is 0 Å². The molecule has 0 bridgehead atoms. The van der Waals surface area contributed by atoms with Crippen LogP contribution >= 0.6 is 0 Å². The zero-order valence-electron chi connectivity index (χ0n) is 8.13. The van der Waals surface area contributed by atoms with Gasteiger partial charge in [0, 0.05) is 18.6 Å². The third-order valence-corrected chi connectivity index (χ3v) is 2.47. The summed E-state index contributed by atoms with van der Waals surface area (Å²) in [5.41, 5.74) is 7.03. The van der Waals surface area contributed by atoms with Gasteiger partial charge in [-0.2, -0.15) is 0 Å². The number of halogens is 1. The molecule has 2 aromatic rings. The number of nitrogens with two attached hydrogens (primary N) is 1. The molecule has 74 valence electrons. The van der Waals surface area contributed by atoms with E-state index in [9.17, 15) is 4.39 Å². The summed E-state index contributed by atoms with van der Waals surface area (Å²) in [6, 6.07) is 5.42. The molecule has 0 aliphatic heterocycles. The van der Waals surface area contributed by atoms with E-state index in [1.807, 2.05) is 29.9 Å². The van der Waals surface area contributed by atoms with Gasteiger partial charge in [0.2, 0.25) is 0 Å². The van der Waals surface area contributed by atoms with Gasteiger partial charge >= 0.3 is 0 Å². The lowest BCUT2D eigenvalue weighted by atomic mass is 10.1. The van der Waals surface area contributed by atoms with Crippen molar-refractivity contribution >= 4 is 10.9 Å². The van der Waals surface area contributed by atoms with Gasteiger partial charge < -0.3 is 10.3 Å². The van der Waals surface area contributed by atoms with E-state index in [4.69, 9.17) is 5.73 Å². The van der Waals surface area contributed by atoms with Crippen LogP contribution in [-0.4, -0.2) is 11.1 Å². The molecule has 2 rings (SSSR count). The fraction of sp³-hybridized carbons (Fsp3) is 0.273. The summed E-state index contributed by atoms with van der Waals surface area (Å²) in [6.45, 7) is 0.481. The maximum atomic E-state index is 13.5. The van der Waals surface area contributed by atoms with Crippen molar-refractivity contribution < 1.29 is 4.39 Å². The molecule has 0 fully saturated rings. The lowest BCUT2D eigenvalue weighted by Crippen LogP contribution is -2.04. The van der Waals surface area contributed by atoms with Gasteiger partial charge in [-0.05, 0) is 36.7 Å². The third-order valence-electron chi connectivity index (χ3n) is 2.47. The summed E-state index contributed by atoms with van der Waals surface area (Å²) in [4.78, 5) is 0. The number of aryl methyl sites for hydroxylation is 1. The van der Waals surface area contributed by atoms with Crippen LogP contribution in [-0.2, 0) is 13.5 Å². The molecule has 0 aliphatic carbocycles. The highest BCUT2D eigenvalue weighted by molar-refractivity contribution is 5.81. The van der Waals surface area contributed by atoms with Gasteiger partial charge in [-0.3, -0.25) is 0 Å². The highest BCUT2D eigenvalue weighted by Gasteiger charge is 2.05. The van der Waals surface area contributed by atoms with Crippen LogP contribution in [0, 0.1) is 5.82 Å². The second-order valence-corrected chi connectivity index (χ2v) is 3.47. The van der Waals surface area contributed by atoms with E-state index < -0.39 is 0 Å². The number of hydrogen-bond acceptors (Lipinski definition) is 1. The predicted octanol–water partition coefficient (Wildman–Crippen LogP) is 1.82. The first-order valence-electron chi connectivity index (χ1n) is 4.66. The third kappa shape index (κ3) is 1.40. The summed E-state index contributed by atoms with van der Waals surface area (Å²) in [6.07, 6.45) is 2.52. The summed E-state index contributed by atoms with van der Waals surface area (Å²) in [5, 5.41) is 1.07. The van der Waals surface area contributed by atoms with Crippen LogP contribution < -0.4 is 5.73 Å². The van der Waals surface area contributed by atoms with E-state index in [-0.39, 0.29) is 5.82 Å². The molecule has 3 heteroatoms. The Hall–Kier alpha value is -1.35. The Balaban J connectivity index is 2.60. The van der Waals surface area contributed by atoms with Crippen LogP contribution in [0.4, 0.5) is 4.39 Å². The first-order chi connectivity index (χ1) is 6.72.